The Labute approximate surface area is 178 Å². The van der Waals surface area contributed by atoms with Gasteiger partial charge >= 0.3 is 6.03 Å². The number of carbonyl (C=O) groups is 2. The standard InChI is InChI=1S/C25H29N3O2/c29-24-21-11-6-15-28(25(30)26-14-12-18-7-2-1-3-8-18)23(21)17-22-20-10-5-4-9-19(20)13-16-27(22)24/h1-5,7-10,21-23H,6,11-17H2,(H,26,30)/t21-,22-,23-/m0/s1. The molecule has 2 saturated heterocycles. The summed E-state index contributed by atoms with van der Waals surface area (Å²) in [6.07, 6.45) is 4.38. The second kappa shape index (κ2) is 8.13. The molecule has 2 aromatic rings. The summed E-state index contributed by atoms with van der Waals surface area (Å²) in [5.41, 5.74) is 3.84. The summed E-state index contributed by atoms with van der Waals surface area (Å²) in [6.45, 7) is 2.15. The number of hydrogen-bond acceptors (Lipinski definition) is 2. The predicted octanol–water partition coefficient (Wildman–Crippen LogP) is 3.55. The Hall–Kier alpha value is -2.82. The number of hydrogen-bond donors (Lipinski definition) is 1. The number of urea groups is 1. The van der Waals surface area contributed by atoms with Crippen LogP contribution in [0.25, 0.3) is 0 Å². The highest BCUT2D eigenvalue weighted by molar-refractivity contribution is 5.83. The van der Waals surface area contributed by atoms with Crippen molar-refractivity contribution in [1.29, 1.82) is 0 Å². The van der Waals surface area contributed by atoms with Gasteiger partial charge in [-0.2, -0.15) is 0 Å². The molecule has 30 heavy (non-hydrogen) atoms. The Morgan fingerprint density at radius 2 is 1.83 bits per heavy atom. The van der Waals surface area contributed by atoms with Crippen LogP contribution in [0.5, 0.6) is 0 Å². The first-order valence-electron chi connectivity index (χ1n) is 11.2. The molecule has 1 N–H and O–H groups in total. The van der Waals surface area contributed by atoms with E-state index in [1.54, 1.807) is 0 Å². The summed E-state index contributed by atoms with van der Waals surface area (Å²) >= 11 is 0. The molecule has 0 bridgehead atoms. The quantitative estimate of drug-likeness (QED) is 0.852. The van der Waals surface area contributed by atoms with Crippen molar-refractivity contribution in [3.8, 4) is 0 Å². The number of nitrogens with one attached hydrogen (secondary N) is 1. The van der Waals surface area contributed by atoms with Gasteiger partial charge in [-0.15, -0.1) is 0 Å². The molecule has 0 aliphatic carbocycles. The zero-order valence-electron chi connectivity index (χ0n) is 17.3. The third-order valence-corrected chi connectivity index (χ3v) is 7.05. The topological polar surface area (TPSA) is 52.7 Å². The van der Waals surface area contributed by atoms with Gasteiger partial charge in [0.2, 0.25) is 5.91 Å². The number of amides is 3. The molecule has 0 unspecified atom stereocenters. The lowest BCUT2D eigenvalue weighted by Gasteiger charge is -2.51. The van der Waals surface area contributed by atoms with Crippen molar-refractivity contribution in [1.82, 2.24) is 15.1 Å². The molecule has 3 aliphatic heterocycles. The van der Waals surface area contributed by atoms with Gasteiger partial charge in [0.1, 0.15) is 0 Å². The molecule has 0 aromatic heterocycles. The maximum absolute atomic E-state index is 13.3. The van der Waals surface area contributed by atoms with E-state index in [1.807, 2.05) is 23.1 Å². The van der Waals surface area contributed by atoms with Crippen LogP contribution in [-0.2, 0) is 17.6 Å². The smallest absolute Gasteiger partial charge is 0.317 e. The van der Waals surface area contributed by atoms with Gasteiger partial charge in [-0.3, -0.25) is 4.79 Å². The average Bonchev–Trinajstić information content (AvgIpc) is 2.79. The van der Waals surface area contributed by atoms with E-state index in [9.17, 15) is 9.59 Å². The van der Waals surface area contributed by atoms with Crippen molar-refractivity contribution in [2.75, 3.05) is 19.6 Å². The molecule has 3 heterocycles. The third-order valence-electron chi connectivity index (χ3n) is 7.05. The first kappa shape index (κ1) is 19.2. The van der Waals surface area contributed by atoms with Gasteiger partial charge in [-0.25, -0.2) is 4.79 Å². The van der Waals surface area contributed by atoms with E-state index < -0.39 is 0 Å². The van der Waals surface area contributed by atoms with Crippen LogP contribution in [-0.4, -0.2) is 47.4 Å². The number of piperidine rings is 2. The molecule has 5 heteroatoms. The van der Waals surface area contributed by atoms with Crippen molar-refractivity contribution in [3.63, 3.8) is 0 Å². The molecule has 156 valence electrons. The minimum absolute atomic E-state index is 0.00428. The number of carbonyl (C=O) groups excluding carboxylic acids is 2. The fraction of sp³-hybridized carbons (Fsp3) is 0.440. The largest absolute Gasteiger partial charge is 0.338 e. The maximum Gasteiger partial charge on any atom is 0.317 e. The summed E-state index contributed by atoms with van der Waals surface area (Å²) < 4.78 is 0. The highest BCUT2D eigenvalue weighted by atomic mass is 16.2. The van der Waals surface area contributed by atoms with Gasteiger partial charge in [0, 0.05) is 25.7 Å². The molecule has 2 aromatic carbocycles. The third kappa shape index (κ3) is 3.47. The van der Waals surface area contributed by atoms with Gasteiger partial charge in [-0.1, -0.05) is 54.6 Å². The van der Waals surface area contributed by atoms with Crippen LogP contribution >= 0.6 is 0 Å². The summed E-state index contributed by atoms with van der Waals surface area (Å²) in [6, 6.07) is 18.8. The highest BCUT2D eigenvalue weighted by Crippen LogP contribution is 2.43. The molecular formula is C25H29N3O2. The van der Waals surface area contributed by atoms with Crippen molar-refractivity contribution < 1.29 is 9.59 Å². The fourth-order valence-electron chi connectivity index (χ4n) is 5.56. The summed E-state index contributed by atoms with van der Waals surface area (Å²) in [4.78, 5) is 30.4. The molecule has 3 amide bonds. The van der Waals surface area contributed by atoms with Gasteiger partial charge < -0.3 is 15.1 Å². The lowest BCUT2D eigenvalue weighted by Crippen LogP contribution is -2.61. The Balaban J connectivity index is 1.31. The fourth-order valence-corrected chi connectivity index (χ4v) is 5.56. The van der Waals surface area contributed by atoms with Gasteiger partial charge in [0.25, 0.3) is 0 Å². The lowest BCUT2D eigenvalue weighted by atomic mass is 9.76. The Kier molecular flexibility index (Phi) is 5.19. The molecule has 0 spiro atoms. The van der Waals surface area contributed by atoms with E-state index in [0.29, 0.717) is 6.54 Å². The van der Waals surface area contributed by atoms with Crippen LogP contribution in [0.4, 0.5) is 4.79 Å². The number of benzene rings is 2. The van der Waals surface area contributed by atoms with Crippen LogP contribution in [0.1, 0.15) is 42.0 Å². The van der Waals surface area contributed by atoms with Crippen LogP contribution < -0.4 is 5.32 Å². The average molecular weight is 404 g/mol. The zero-order chi connectivity index (χ0) is 20.5. The lowest BCUT2D eigenvalue weighted by molar-refractivity contribution is -0.148. The molecule has 3 atom stereocenters. The normalized spacial score (nSPS) is 25.2. The van der Waals surface area contributed by atoms with E-state index in [-0.39, 0.29) is 29.9 Å². The first-order valence-corrected chi connectivity index (χ1v) is 11.2. The van der Waals surface area contributed by atoms with Gasteiger partial charge in [0.15, 0.2) is 0 Å². The predicted molar refractivity (Wildman–Crippen MR) is 116 cm³/mol. The van der Waals surface area contributed by atoms with E-state index in [2.05, 4.69) is 46.6 Å². The summed E-state index contributed by atoms with van der Waals surface area (Å²) in [5.74, 6) is 0.188. The van der Waals surface area contributed by atoms with E-state index in [1.165, 1.54) is 16.7 Å². The second-order valence-electron chi connectivity index (χ2n) is 8.71. The zero-order valence-corrected chi connectivity index (χ0v) is 17.3. The van der Waals surface area contributed by atoms with Crippen LogP contribution in [0.3, 0.4) is 0 Å². The van der Waals surface area contributed by atoms with E-state index in [0.717, 1.165) is 45.2 Å². The number of fused-ring (bicyclic) bond motifs is 4. The Morgan fingerprint density at radius 1 is 1.03 bits per heavy atom. The van der Waals surface area contributed by atoms with Gasteiger partial charge in [0.05, 0.1) is 12.0 Å². The van der Waals surface area contributed by atoms with Crippen molar-refractivity contribution in [2.45, 2.75) is 44.2 Å². The molecule has 0 radical (unpaired) electrons. The summed E-state index contributed by atoms with van der Waals surface area (Å²) in [7, 11) is 0. The minimum atomic E-state index is -0.0554. The number of rotatable bonds is 3. The SMILES string of the molecule is O=C1[C@H]2CCCN(C(=O)NCCc3ccccc3)[C@H]2C[C@H]2c3ccccc3CCN12. The first-order chi connectivity index (χ1) is 14.7. The minimum Gasteiger partial charge on any atom is -0.338 e. The van der Waals surface area contributed by atoms with Crippen LogP contribution in [0, 0.1) is 5.92 Å². The Bertz CT molecular complexity index is 929. The van der Waals surface area contributed by atoms with Crippen molar-refractivity contribution in [2.24, 2.45) is 5.92 Å². The molecule has 5 rings (SSSR count). The summed E-state index contributed by atoms with van der Waals surface area (Å²) in [5, 5.41) is 3.10. The molecule has 3 aliphatic rings. The van der Waals surface area contributed by atoms with Gasteiger partial charge in [-0.05, 0) is 48.8 Å². The van der Waals surface area contributed by atoms with Crippen LogP contribution in [0.15, 0.2) is 54.6 Å². The van der Waals surface area contributed by atoms with E-state index >= 15 is 0 Å². The second-order valence-corrected chi connectivity index (χ2v) is 8.71. The highest BCUT2D eigenvalue weighted by Gasteiger charge is 2.48. The van der Waals surface area contributed by atoms with E-state index in [4.69, 9.17) is 0 Å². The van der Waals surface area contributed by atoms with Crippen molar-refractivity contribution >= 4 is 11.9 Å². The number of nitrogens with zero attached hydrogens (tertiary/aromatic N) is 2. The number of likely N-dealkylation sites (tertiary alicyclic amines) is 1. The van der Waals surface area contributed by atoms with Crippen molar-refractivity contribution in [3.05, 3.63) is 71.3 Å². The maximum atomic E-state index is 13.3. The Morgan fingerprint density at radius 3 is 2.70 bits per heavy atom. The molecule has 5 nitrogen and oxygen atoms in total. The molecule has 2 fully saturated rings. The molecular weight excluding hydrogens is 374 g/mol. The van der Waals surface area contributed by atoms with Crippen LogP contribution in [0.2, 0.25) is 0 Å². The monoisotopic (exact) mass is 403 g/mol. The molecule has 0 saturated carbocycles.